The normalized spacial score (nSPS) is 29.7. The Kier molecular flexibility index (Phi) is 7.44. The van der Waals surface area contributed by atoms with Crippen molar-refractivity contribution in [3.63, 3.8) is 0 Å². The van der Waals surface area contributed by atoms with Crippen LogP contribution >= 0.6 is 11.8 Å². The number of thioether (sulfide) groups is 1. The van der Waals surface area contributed by atoms with E-state index in [-0.39, 0.29) is 12.5 Å². The van der Waals surface area contributed by atoms with Crippen molar-refractivity contribution in [2.75, 3.05) is 13.2 Å². The molecule has 2 N–H and O–H groups in total. The average Bonchev–Trinajstić information content (AvgIpc) is 2.79. The fraction of sp³-hybridized carbons (Fsp3) is 0.391. The summed E-state index contributed by atoms with van der Waals surface area (Å²) in [4.78, 5) is 24.2. The molecule has 0 radical (unpaired) electrons. The summed E-state index contributed by atoms with van der Waals surface area (Å²) in [5.41, 5.74) is 0.307. The minimum Gasteiger partial charge on any atom is -0.480 e. The van der Waals surface area contributed by atoms with Crippen LogP contribution in [-0.4, -0.2) is 60.0 Å². The second kappa shape index (κ2) is 10.5. The average molecular weight is 460 g/mol. The van der Waals surface area contributed by atoms with E-state index in [1.165, 1.54) is 18.7 Å². The lowest BCUT2D eigenvalue weighted by molar-refractivity contribution is -0.311. The van der Waals surface area contributed by atoms with Crippen LogP contribution in [0.2, 0.25) is 0 Å². The van der Waals surface area contributed by atoms with Gasteiger partial charge in [-0.3, -0.25) is 4.79 Å². The Morgan fingerprint density at radius 2 is 1.78 bits per heavy atom. The molecule has 2 aromatic rings. The van der Waals surface area contributed by atoms with Gasteiger partial charge in [-0.25, -0.2) is 4.79 Å². The fourth-order valence-corrected chi connectivity index (χ4v) is 4.99. The van der Waals surface area contributed by atoms with Gasteiger partial charge in [0.1, 0.15) is 30.4 Å². The zero-order valence-electron chi connectivity index (χ0n) is 17.5. The molecule has 6 atom stereocenters. The number of carbonyl (C=O) groups is 2. The number of carbonyl (C=O) groups excluding carboxylic acids is 1. The van der Waals surface area contributed by atoms with Gasteiger partial charge >= 0.3 is 5.97 Å². The predicted octanol–water partition coefficient (Wildman–Crippen LogP) is 2.59. The van der Waals surface area contributed by atoms with Crippen molar-refractivity contribution in [3.8, 4) is 0 Å². The third-order valence-corrected chi connectivity index (χ3v) is 6.36. The highest BCUT2D eigenvalue weighted by Crippen LogP contribution is 2.39. The van der Waals surface area contributed by atoms with Gasteiger partial charge in [-0.05, 0) is 12.1 Å². The van der Waals surface area contributed by atoms with Crippen LogP contribution in [0.3, 0.4) is 0 Å². The number of carboxylic acid groups (broad SMARTS) is 1. The summed E-state index contributed by atoms with van der Waals surface area (Å²) < 4.78 is 24.2. The standard InChI is InChI=1S/C23H25NO7S/c1-14(25)24-19-21(28-13-18(26)27)20-17(30-23(19)32-16-10-6-3-7-11-16)12-29-22(31-20)15-8-4-2-5-9-15/h2-11,17,19-23H,12-13H2,1H3,(H,24,25)(H,26,27). The summed E-state index contributed by atoms with van der Waals surface area (Å²) in [5, 5.41) is 12.1. The maximum atomic E-state index is 12.0. The number of benzene rings is 2. The van der Waals surface area contributed by atoms with Gasteiger partial charge in [-0.1, -0.05) is 60.3 Å². The van der Waals surface area contributed by atoms with Crippen molar-refractivity contribution in [1.82, 2.24) is 5.32 Å². The van der Waals surface area contributed by atoms with Gasteiger partial charge in [0.15, 0.2) is 6.29 Å². The largest absolute Gasteiger partial charge is 0.480 e. The molecule has 0 spiro atoms. The number of aliphatic carboxylic acids is 1. The number of amides is 1. The summed E-state index contributed by atoms with van der Waals surface area (Å²) in [5.74, 6) is -1.38. The molecule has 0 bridgehead atoms. The monoisotopic (exact) mass is 459 g/mol. The van der Waals surface area contributed by atoms with E-state index in [4.69, 9.17) is 18.9 Å². The molecule has 2 aliphatic heterocycles. The highest BCUT2D eigenvalue weighted by Gasteiger charge is 2.51. The number of nitrogens with one attached hydrogen (secondary N) is 1. The molecular weight excluding hydrogens is 434 g/mol. The Hall–Kier alpha value is -2.43. The van der Waals surface area contributed by atoms with Crippen molar-refractivity contribution in [2.45, 2.75) is 47.9 Å². The molecule has 4 rings (SSSR count). The Morgan fingerprint density at radius 3 is 2.44 bits per heavy atom. The van der Waals surface area contributed by atoms with E-state index in [0.717, 1.165) is 10.5 Å². The summed E-state index contributed by atoms with van der Waals surface area (Å²) in [7, 11) is 0. The van der Waals surface area contributed by atoms with Crippen LogP contribution in [0, 0.1) is 0 Å². The first-order valence-electron chi connectivity index (χ1n) is 10.3. The zero-order valence-corrected chi connectivity index (χ0v) is 18.3. The SMILES string of the molecule is CC(=O)NC1C(Sc2ccccc2)OC2COC(c3ccccc3)OC2C1OCC(=O)O. The lowest BCUT2D eigenvalue weighted by Gasteiger charge is -2.49. The number of hydrogen-bond donors (Lipinski definition) is 2. The van der Waals surface area contributed by atoms with Gasteiger partial charge in [0, 0.05) is 17.4 Å². The molecule has 9 heteroatoms. The van der Waals surface area contributed by atoms with Gasteiger partial charge in [-0.2, -0.15) is 0 Å². The molecular formula is C23H25NO7S. The van der Waals surface area contributed by atoms with E-state index in [1.54, 1.807) is 0 Å². The molecule has 0 aliphatic carbocycles. The highest BCUT2D eigenvalue weighted by atomic mass is 32.2. The maximum Gasteiger partial charge on any atom is 0.329 e. The summed E-state index contributed by atoms with van der Waals surface area (Å²) in [6.45, 7) is 1.13. The Morgan fingerprint density at radius 1 is 1.09 bits per heavy atom. The molecule has 2 heterocycles. The van der Waals surface area contributed by atoms with Crippen LogP contribution in [0.4, 0.5) is 0 Å². The second-order valence-electron chi connectivity index (χ2n) is 7.55. The molecule has 2 saturated heterocycles. The number of rotatable bonds is 7. The summed E-state index contributed by atoms with van der Waals surface area (Å²) in [6, 6.07) is 18.4. The van der Waals surface area contributed by atoms with Crippen molar-refractivity contribution in [2.24, 2.45) is 0 Å². The fourth-order valence-electron chi connectivity index (χ4n) is 3.84. The van der Waals surface area contributed by atoms with Crippen LogP contribution in [0.15, 0.2) is 65.6 Å². The summed E-state index contributed by atoms with van der Waals surface area (Å²) >= 11 is 1.43. The quantitative estimate of drug-likeness (QED) is 0.651. The molecule has 2 fully saturated rings. The topological polar surface area (TPSA) is 103 Å². The molecule has 32 heavy (non-hydrogen) atoms. The molecule has 2 aliphatic rings. The summed E-state index contributed by atoms with van der Waals surface area (Å²) in [6.07, 6.45) is -2.50. The van der Waals surface area contributed by atoms with Crippen molar-refractivity contribution < 1.29 is 33.6 Å². The Labute approximate surface area is 190 Å². The van der Waals surface area contributed by atoms with Crippen LogP contribution in [0.1, 0.15) is 18.8 Å². The van der Waals surface area contributed by atoms with Crippen LogP contribution in [-0.2, 0) is 28.5 Å². The van der Waals surface area contributed by atoms with Crippen LogP contribution in [0.5, 0.6) is 0 Å². The minimum atomic E-state index is -1.10. The minimum absolute atomic E-state index is 0.246. The van der Waals surface area contributed by atoms with Gasteiger partial charge in [-0.15, -0.1) is 0 Å². The van der Waals surface area contributed by atoms with Gasteiger partial charge in [0.25, 0.3) is 0 Å². The molecule has 1 amide bonds. The van der Waals surface area contributed by atoms with E-state index in [0.29, 0.717) is 0 Å². The molecule has 0 saturated carbocycles. The van der Waals surface area contributed by atoms with Gasteiger partial charge in [0.2, 0.25) is 5.91 Å². The lowest BCUT2D eigenvalue weighted by atomic mass is 9.96. The first-order valence-corrected chi connectivity index (χ1v) is 11.2. The Balaban J connectivity index is 1.61. The third-order valence-electron chi connectivity index (χ3n) is 5.18. The second-order valence-corrected chi connectivity index (χ2v) is 8.72. The van der Waals surface area contributed by atoms with E-state index < -0.39 is 48.7 Å². The molecule has 0 aromatic heterocycles. The number of ether oxygens (including phenoxy) is 4. The molecule has 6 unspecified atom stereocenters. The molecule has 2 aromatic carbocycles. The van der Waals surface area contributed by atoms with Gasteiger partial charge in [0.05, 0.1) is 12.6 Å². The van der Waals surface area contributed by atoms with Gasteiger partial charge < -0.3 is 29.4 Å². The molecule has 170 valence electrons. The third kappa shape index (κ3) is 5.48. The first-order chi connectivity index (χ1) is 15.5. The van der Waals surface area contributed by atoms with E-state index in [2.05, 4.69) is 5.32 Å². The maximum absolute atomic E-state index is 12.0. The molecule has 8 nitrogen and oxygen atoms in total. The first kappa shape index (κ1) is 22.8. The zero-order chi connectivity index (χ0) is 22.5. The van der Waals surface area contributed by atoms with Crippen molar-refractivity contribution >= 4 is 23.6 Å². The Bertz CT molecular complexity index is 913. The number of fused-ring (bicyclic) bond motifs is 1. The lowest BCUT2D eigenvalue weighted by Crippen LogP contribution is -2.66. The predicted molar refractivity (Wildman–Crippen MR) is 116 cm³/mol. The van der Waals surface area contributed by atoms with E-state index in [9.17, 15) is 14.7 Å². The number of carboxylic acids is 1. The van der Waals surface area contributed by atoms with E-state index in [1.807, 2.05) is 60.7 Å². The van der Waals surface area contributed by atoms with Crippen molar-refractivity contribution in [3.05, 3.63) is 66.2 Å². The van der Waals surface area contributed by atoms with Crippen LogP contribution < -0.4 is 5.32 Å². The van der Waals surface area contributed by atoms with E-state index >= 15 is 0 Å². The van der Waals surface area contributed by atoms with Crippen molar-refractivity contribution in [1.29, 1.82) is 0 Å². The van der Waals surface area contributed by atoms with Crippen LogP contribution in [0.25, 0.3) is 0 Å². The highest BCUT2D eigenvalue weighted by molar-refractivity contribution is 7.99. The smallest absolute Gasteiger partial charge is 0.329 e. The number of hydrogen-bond acceptors (Lipinski definition) is 7.